The SMILES string of the molecule is COc1ncc(O)c(OC(F)(F)F)c1CC#N. The summed E-state index contributed by atoms with van der Waals surface area (Å²) < 4.78 is 44.6. The highest BCUT2D eigenvalue weighted by molar-refractivity contribution is 5.50. The Morgan fingerprint density at radius 2 is 2.18 bits per heavy atom. The summed E-state index contributed by atoms with van der Waals surface area (Å²) >= 11 is 0. The molecule has 0 aliphatic carbocycles. The monoisotopic (exact) mass is 248 g/mol. The molecule has 0 saturated heterocycles. The Hall–Kier alpha value is -2.17. The first-order valence-corrected chi connectivity index (χ1v) is 4.26. The van der Waals surface area contributed by atoms with E-state index < -0.39 is 24.3 Å². The number of aromatic hydroxyl groups is 1. The largest absolute Gasteiger partial charge is 0.573 e. The third-order valence-corrected chi connectivity index (χ3v) is 1.74. The van der Waals surface area contributed by atoms with E-state index >= 15 is 0 Å². The van der Waals surface area contributed by atoms with Gasteiger partial charge in [-0.25, -0.2) is 4.98 Å². The number of alkyl halides is 3. The number of hydrogen-bond donors (Lipinski definition) is 1. The zero-order chi connectivity index (χ0) is 13.1. The van der Waals surface area contributed by atoms with E-state index in [0.717, 1.165) is 6.20 Å². The first-order chi connectivity index (χ1) is 7.89. The number of ether oxygens (including phenoxy) is 2. The Morgan fingerprint density at radius 3 is 2.65 bits per heavy atom. The first-order valence-electron chi connectivity index (χ1n) is 4.26. The molecule has 0 radical (unpaired) electrons. The van der Waals surface area contributed by atoms with Crippen LogP contribution in [0.25, 0.3) is 0 Å². The van der Waals surface area contributed by atoms with Gasteiger partial charge in [0, 0.05) is 0 Å². The van der Waals surface area contributed by atoms with Crippen LogP contribution in [-0.2, 0) is 6.42 Å². The summed E-state index contributed by atoms with van der Waals surface area (Å²) in [6.45, 7) is 0. The van der Waals surface area contributed by atoms with Gasteiger partial charge in [0.1, 0.15) is 0 Å². The summed E-state index contributed by atoms with van der Waals surface area (Å²) in [5.41, 5.74) is -0.257. The molecule has 1 aromatic heterocycles. The Bertz CT molecular complexity index is 454. The fourth-order valence-corrected chi connectivity index (χ4v) is 1.15. The molecule has 1 heterocycles. The van der Waals surface area contributed by atoms with Crippen LogP contribution in [0.4, 0.5) is 13.2 Å². The van der Waals surface area contributed by atoms with Crippen LogP contribution in [0.2, 0.25) is 0 Å². The van der Waals surface area contributed by atoms with E-state index in [1.165, 1.54) is 7.11 Å². The third kappa shape index (κ3) is 3.14. The molecule has 1 rings (SSSR count). The van der Waals surface area contributed by atoms with Crippen LogP contribution >= 0.6 is 0 Å². The molecule has 0 fully saturated rings. The summed E-state index contributed by atoms with van der Waals surface area (Å²) in [7, 11) is 1.18. The van der Waals surface area contributed by atoms with E-state index in [1.54, 1.807) is 6.07 Å². The molecular formula is C9H7F3N2O3. The minimum absolute atomic E-state index is 0.205. The highest BCUT2D eigenvalue weighted by Crippen LogP contribution is 2.38. The lowest BCUT2D eigenvalue weighted by Gasteiger charge is -2.14. The summed E-state index contributed by atoms with van der Waals surface area (Å²) in [6, 6.07) is 1.63. The van der Waals surface area contributed by atoms with Gasteiger partial charge in [-0.15, -0.1) is 13.2 Å². The number of hydrogen-bond acceptors (Lipinski definition) is 5. The van der Waals surface area contributed by atoms with Gasteiger partial charge >= 0.3 is 6.36 Å². The van der Waals surface area contributed by atoms with Crippen LogP contribution in [0, 0.1) is 11.3 Å². The second kappa shape index (κ2) is 4.78. The van der Waals surface area contributed by atoms with Crippen molar-refractivity contribution in [1.29, 1.82) is 5.26 Å². The predicted octanol–water partition coefficient (Wildman–Crippen LogP) is 1.76. The maximum atomic E-state index is 12.1. The minimum atomic E-state index is -4.98. The van der Waals surface area contributed by atoms with Crippen LogP contribution in [0.15, 0.2) is 6.20 Å². The van der Waals surface area contributed by atoms with E-state index in [9.17, 15) is 18.3 Å². The average molecular weight is 248 g/mol. The van der Waals surface area contributed by atoms with E-state index in [4.69, 9.17) is 5.26 Å². The summed E-state index contributed by atoms with van der Waals surface area (Å²) in [4.78, 5) is 3.54. The van der Waals surface area contributed by atoms with Crippen molar-refractivity contribution in [3.05, 3.63) is 11.8 Å². The second-order valence-corrected chi connectivity index (χ2v) is 2.84. The number of halogens is 3. The zero-order valence-corrected chi connectivity index (χ0v) is 8.58. The predicted molar refractivity (Wildman–Crippen MR) is 48.5 cm³/mol. The van der Waals surface area contributed by atoms with Crippen molar-refractivity contribution in [2.45, 2.75) is 12.8 Å². The molecule has 8 heteroatoms. The quantitative estimate of drug-likeness (QED) is 0.882. The van der Waals surface area contributed by atoms with Crippen LogP contribution in [0.3, 0.4) is 0 Å². The molecule has 0 spiro atoms. The molecule has 1 aromatic rings. The Kier molecular flexibility index (Phi) is 3.62. The van der Waals surface area contributed by atoms with E-state index in [-0.39, 0.29) is 11.4 Å². The van der Waals surface area contributed by atoms with Crippen molar-refractivity contribution < 1.29 is 27.8 Å². The highest BCUT2D eigenvalue weighted by atomic mass is 19.4. The molecule has 0 amide bonds. The number of pyridine rings is 1. The number of rotatable bonds is 3. The van der Waals surface area contributed by atoms with Crippen molar-refractivity contribution in [1.82, 2.24) is 4.98 Å². The number of methoxy groups -OCH3 is 1. The molecule has 92 valence electrons. The average Bonchev–Trinajstić information content (AvgIpc) is 2.22. The van der Waals surface area contributed by atoms with Crippen molar-refractivity contribution in [2.75, 3.05) is 7.11 Å². The van der Waals surface area contributed by atoms with Gasteiger partial charge in [-0.1, -0.05) is 0 Å². The Balaban J connectivity index is 3.29. The van der Waals surface area contributed by atoms with E-state index in [2.05, 4.69) is 14.5 Å². The van der Waals surface area contributed by atoms with Crippen molar-refractivity contribution in [3.63, 3.8) is 0 Å². The van der Waals surface area contributed by atoms with Crippen molar-refractivity contribution >= 4 is 0 Å². The van der Waals surface area contributed by atoms with Gasteiger partial charge in [-0.05, 0) is 0 Å². The van der Waals surface area contributed by atoms with Gasteiger partial charge in [0.2, 0.25) is 5.88 Å². The molecule has 0 aliphatic heterocycles. The lowest BCUT2D eigenvalue weighted by molar-refractivity contribution is -0.275. The Morgan fingerprint density at radius 1 is 1.53 bits per heavy atom. The molecular weight excluding hydrogens is 241 g/mol. The lowest BCUT2D eigenvalue weighted by atomic mass is 10.2. The van der Waals surface area contributed by atoms with Gasteiger partial charge in [-0.2, -0.15) is 5.26 Å². The third-order valence-electron chi connectivity index (χ3n) is 1.74. The van der Waals surface area contributed by atoms with Crippen molar-refractivity contribution in [3.8, 4) is 23.4 Å². The smallest absolute Gasteiger partial charge is 0.503 e. The fraction of sp³-hybridized carbons (Fsp3) is 0.333. The summed E-state index contributed by atoms with van der Waals surface area (Å²) in [5, 5.41) is 17.8. The molecule has 17 heavy (non-hydrogen) atoms. The van der Waals surface area contributed by atoms with Crippen LogP contribution < -0.4 is 9.47 Å². The lowest BCUT2D eigenvalue weighted by Crippen LogP contribution is -2.18. The van der Waals surface area contributed by atoms with Gasteiger partial charge in [0.05, 0.1) is 31.4 Å². The van der Waals surface area contributed by atoms with Crippen LogP contribution in [0.5, 0.6) is 17.4 Å². The zero-order valence-electron chi connectivity index (χ0n) is 8.58. The molecule has 0 aromatic carbocycles. The summed E-state index contributed by atoms with van der Waals surface area (Å²) in [5.74, 6) is -1.89. The Labute approximate surface area is 94.0 Å². The molecule has 0 unspecified atom stereocenters. The van der Waals surface area contributed by atoms with Crippen LogP contribution in [0.1, 0.15) is 5.56 Å². The molecule has 1 N–H and O–H groups in total. The number of aromatic nitrogens is 1. The summed E-state index contributed by atoms with van der Waals surface area (Å²) in [6.07, 6.45) is -4.66. The molecule has 0 saturated carbocycles. The molecule has 0 bridgehead atoms. The van der Waals surface area contributed by atoms with E-state index in [1.807, 2.05) is 0 Å². The van der Waals surface area contributed by atoms with Gasteiger partial charge in [-0.3, -0.25) is 0 Å². The first kappa shape index (κ1) is 12.9. The molecule has 5 nitrogen and oxygen atoms in total. The van der Waals surface area contributed by atoms with Crippen molar-refractivity contribution in [2.24, 2.45) is 0 Å². The van der Waals surface area contributed by atoms with E-state index in [0.29, 0.717) is 0 Å². The highest BCUT2D eigenvalue weighted by Gasteiger charge is 2.34. The maximum absolute atomic E-state index is 12.1. The number of nitrogens with zero attached hydrogens (tertiary/aromatic N) is 2. The topological polar surface area (TPSA) is 75.4 Å². The van der Waals surface area contributed by atoms with Gasteiger partial charge < -0.3 is 14.6 Å². The minimum Gasteiger partial charge on any atom is -0.503 e. The van der Waals surface area contributed by atoms with Gasteiger partial charge in [0.15, 0.2) is 11.5 Å². The number of nitriles is 1. The van der Waals surface area contributed by atoms with Crippen LogP contribution in [-0.4, -0.2) is 23.6 Å². The van der Waals surface area contributed by atoms with Gasteiger partial charge in [0.25, 0.3) is 0 Å². The molecule has 0 atom stereocenters. The maximum Gasteiger partial charge on any atom is 0.573 e. The fourth-order valence-electron chi connectivity index (χ4n) is 1.15. The normalized spacial score (nSPS) is 10.8. The molecule has 0 aliphatic rings. The second-order valence-electron chi connectivity index (χ2n) is 2.84. The standard InChI is InChI=1S/C9H7F3N2O3/c1-16-8-5(2-3-13)7(6(15)4-14-8)17-9(10,11)12/h4,15H,2H2,1H3.